The summed E-state index contributed by atoms with van der Waals surface area (Å²) < 4.78 is 39.0. The van der Waals surface area contributed by atoms with Gasteiger partial charge in [-0.3, -0.25) is 14.7 Å². The lowest BCUT2D eigenvalue weighted by atomic mass is 10.00. The fraction of sp³-hybridized carbons (Fsp3) is 0.263. The molecule has 27 heavy (non-hydrogen) atoms. The zero-order valence-electron chi connectivity index (χ0n) is 14.7. The molecule has 1 aliphatic rings. The first-order valence-corrected chi connectivity index (χ1v) is 10.6. The molecule has 0 atom stereocenters. The molecular formula is C19H18ClFN2O3S. The summed E-state index contributed by atoms with van der Waals surface area (Å²) in [6.07, 6.45) is 0.453. The van der Waals surface area contributed by atoms with Crippen LogP contribution in [0.25, 0.3) is 0 Å². The van der Waals surface area contributed by atoms with E-state index in [1.165, 1.54) is 11.0 Å². The van der Waals surface area contributed by atoms with Crippen molar-refractivity contribution in [2.24, 2.45) is 4.99 Å². The van der Waals surface area contributed by atoms with Gasteiger partial charge in [0.05, 0.1) is 17.2 Å². The average Bonchev–Trinajstić information content (AvgIpc) is 2.73. The number of halogens is 2. The molecule has 0 radical (unpaired) electrons. The molecule has 0 fully saturated rings. The van der Waals surface area contributed by atoms with Crippen LogP contribution in [0, 0.1) is 5.82 Å². The summed E-state index contributed by atoms with van der Waals surface area (Å²) in [6.45, 7) is 1.48. The zero-order chi connectivity index (χ0) is 19.6. The van der Waals surface area contributed by atoms with Gasteiger partial charge in [-0.05, 0) is 36.8 Å². The Labute approximate surface area is 162 Å². The van der Waals surface area contributed by atoms with Crippen molar-refractivity contribution < 1.29 is 17.6 Å². The Morgan fingerprint density at radius 1 is 1.19 bits per heavy atom. The van der Waals surface area contributed by atoms with Crippen molar-refractivity contribution in [1.82, 2.24) is 0 Å². The first-order chi connectivity index (χ1) is 12.8. The van der Waals surface area contributed by atoms with Crippen molar-refractivity contribution in [1.29, 1.82) is 0 Å². The fourth-order valence-electron chi connectivity index (χ4n) is 2.98. The monoisotopic (exact) mass is 408 g/mol. The van der Waals surface area contributed by atoms with E-state index in [0.717, 1.165) is 0 Å². The fourth-order valence-corrected chi connectivity index (χ4v) is 4.58. The highest BCUT2D eigenvalue weighted by molar-refractivity contribution is 7.91. The van der Waals surface area contributed by atoms with Crippen LogP contribution in [0.2, 0.25) is 5.02 Å². The molecule has 3 rings (SSSR count). The van der Waals surface area contributed by atoms with Crippen LogP contribution in [0.15, 0.2) is 47.5 Å². The molecule has 1 amide bonds. The van der Waals surface area contributed by atoms with Crippen LogP contribution in [-0.4, -0.2) is 38.2 Å². The summed E-state index contributed by atoms with van der Waals surface area (Å²) in [7, 11) is -3.48. The Balaban J connectivity index is 2.15. The molecule has 0 N–H and O–H groups in total. The molecule has 1 aliphatic heterocycles. The maximum atomic E-state index is 14.4. The normalized spacial score (nSPS) is 14.6. The van der Waals surface area contributed by atoms with Crippen molar-refractivity contribution in [3.63, 3.8) is 0 Å². The SMILES string of the molecule is CCCS(=O)(=O)CN1C(=O)CN=C(c2ccccc2F)c2cc(Cl)ccc21. The summed E-state index contributed by atoms with van der Waals surface area (Å²) >= 11 is 6.12. The van der Waals surface area contributed by atoms with Gasteiger partial charge >= 0.3 is 0 Å². The van der Waals surface area contributed by atoms with Gasteiger partial charge in [0, 0.05) is 16.1 Å². The number of aliphatic imine (C=N–C) groups is 1. The number of carbonyl (C=O) groups excluding carboxylic acids is 1. The number of rotatable bonds is 5. The third-order valence-electron chi connectivity index (χ3n) is 4.15. The molecule has 8 heteroatoms. The minimum absolute atomic E-state index is 0.0271. The number of amides is 1. The Bertz CT molecular complexity index is 1020. The van der Waals surface area contributed by atoms with Gasteiger partial charge in [0.25, 0.3) is 0 Å². The van der Waals surface area contributed by atoms with Crippen LogP contribution in [0.1, 0.15) is 24.5 Å². The van der Waals surface area contributed by atoms with Crippen LogP contribution < -0.4 is 4.90 Å². The summed E-state index contributed by atoms with van der Waals surface area (Å²) in [4.78, 5) is 18.1. The van der Waals surface area contributed by atoms with E-state index in [1.807, 2.05) is 0 Å². The van der Waals surface area contributed by atoms with Gasteiger partial charge in [-0.25, -0.2) is 12.8 Å². The standard InChI is InChI=1S/C19H18ClFN2O3S/c1-2-9-27(25,26)12-23-17-8-7-13(20)10-15(17)19(22-11-18(23)24)14-5-3-4-6-16(14)21/h3-8,10H,2,9,11-12H2,1H3. The van der Waals surface area contributed by atoms with Crippen molar-refractivity contribution in [3.8, 4) is 0 Å². The molecule has 0 bridgehead atoms. The van der Waals surface area contributed by atoms with Gasteiger partial charge in [0.2, 0.25) is 5.91 Å². The average molecular weight is 409 g/mol. The van der Waals surface area contributed by atoms with Gasteiger partial charge in [-0.2, -0.15) is 0 Å². The molecule has 2 aromatic carbocycles. The number of benzene rings is 2. The summed E-state index contributed by atoms with van der Waals surface area (Å²) in [5.74, 6) is -1.43. The third kappa shape index (κ3) is 4.20. The molecule has 0 saturated heterocycles. The molecule has 142 valence electrons. The summed E-state index contributed by atoms with van der Waals surface area (Å²) in [6, 6.07) is 10.8. The Morgan fingerprint density at radius 2 is 1.93 bits per heavy atom. The van der Waals surface area contributed by atoms with Gasteiger partial charge in [0.15, 0.2) is 9.84 Å². The predicted molar refractivity (Wildman–Crippen MR) is 105 cm³/mol. The van der Waals surface area contributed by atoms with Crippen LogP contribution in [0.3, 0.4) is 0 Å². The molecule has 2 aromatic rings. The molecule has 0 unspecified atom stereocenters. The van der Waals surface area contributed by atoms with E-state index in [-0.39, 0.29) is 23.6 Å². The first-order valence-electron chi connectivity index (χ1n) is 8.42. The quantitative estimate of drug-likeness (QED) is 0.761. The van der Waals surface area contributed by atoms with Crippen molar-refractivity contribution in [3.05, 3.63) is 64.4 Å². The number of nitrogens with zero attached hydrogens (tertiary/aromatic N) is 2. The smallest absolute Gasteiger partial charge is 0.249 e. The summed E-state index contributed by atoms with van der Waals surface area (Å²) in [5, 5.41) is 0.378. The van der Waals surface area contributed by atoms with E-state index in [2.05, 4.69) is 4.99 Å². The van der Waals surface area contributed by atoms with Crippen LogP contribution in [-0.2, 0) is 14.6 Å². The van der Waals surface area contributed by atoms with Gasteiger partial charge in [-0.15, -0.1) is 0 Å². The van der Waals surface area contributed by atoms with Crippen molar-refractivity contribution in [2.75, 3.05) is 23.1 Å². The first kappa shape index (κ1) is 19.5. The highest BCUT2D eigenvalue weighted by atomic mass is 35.5. The van der Waals surface area contributed by atoms with Gasteiger partial charge in [-0.1, -0.05) is 30.7 Å². The van der Waals surface area contributed by atoms with E-state index in [1.54, 1.807) is 43.3 Å². The third-order valence-corrected chi connectivity index (χ3v) is 6.06. The summed E-state index contributed by atoms with van der Waals surface area (Å²) in [5.41, 5.74) is 1.27. The minimum atomic E-state index is -3.48. The lowest BCUT2D eigenvalue weighted by molar-refractivity contribution is -0.117. The molecule has 0 aliphatic carbocycles. The van der Waals surface area contributed by atoms with Crippen molar-refractivity contribution >= 4 is 38.7 Å². The number of fused-ring (bicyclic) bond motifs is 1. The van der Waals surface area contributed by atoms with Crippen LogP contribution in [0.5, 0.6) is 0 Å². The van der Waals surface area contributed by atoms with E-state index in [9.17, 15) is 17.6 Å². The van der Waals surface area contributed by atoms with E-state index in [0.29, 0.717) is 22.7 Å². The van der Waals surface area contributed by atoms with Gasteiger partial charge in [0.1, 0.15) is 18.2 Å². The molecular weight excluding hydrogens is 391 g/mol. The maximum Gasteiger partial charge on any atom is 0.249 e. The van der Waals surface area contributed by atoms with Crippen LogP contribution in [0.4, 0.5) is 10.1 Å². The number of benzodiazepines with no additional fused rings is 1. The predicted octanol–water partition coefficient (Wildman–Crippen LogP) is 3.45. The lowest BCUT2D eigenvalue weighted by Crippen LogP contribution is -2.37. The number of sulfone groups is 1. The topological polar surface area (TPSA) is 66.8 Å². The Hall–Kier alpha value is -2.25. The lowest BCUT2D eigenvalue weighted by Gasteiger charge is -2.23. The van der Waals surface area contributed by atoms with E-state index >= 15 is 0 Å². The van der Waals surface area contributed by atoms with Crippen LogP contribution >= 0.6 is 11.6 Å². The second-order valence-corrected chi connectivity index (χ2v) is 8.79. The Kier molecular flexibility index (Phi) is 5.62. The number of hydrogen-bond donors (Lipinski definition) is 0. The molecule has 5 nitrogen and oxygen atoms in total. The number of carbonyl (C=O) groups is 1. The van der Waals surface area contributed by atoms with E-state index < -0.39 is 27.4 Å². The minimum Gasteiger partial charge on any atom is -0.295 e. The largest absolute Gasteiger partial charge is 0.295 e. The second kappa shape index (κ2) is 7.78. The highest BCUT2D eigenvalue weighted by Crippen LogP contribution is 2.30. The number of anilines is 1. The number of hydrogen-bond acceptors (Lipinski definition) is 4. The molecule has 0 aromatic heterocycles. The zero-order valence-corrected chi connectivity index (χ0v) is 16.2. The molecule has 1 heterocycles. The highest BCUT2D eigenvalue weighted by Gasteiger charge is 2.29. The maximum absolute atomic E-state index is 14.4. The van der Waals surface area contributed by atoms with Crippen molar-refractivity contribution in [2.45, 2.75) is 13.3 Å². The second-order valence-electron chi connectivity index (χ2n) is 6.20. The van der Waals surface area contributed by atoms with E-state index in [4.69, 9.17) is 11.6 Å². The molecule has 0 spiro atoms. The molecule has 0 saturated carbocycles. The Morgan fingerprint density at radius 3 is 2.63 bits per heavy atom. The van der Waals surface area contributed by atoms with Gasteiger partial charge < -0.3 is 0 Å².